The van der Waals surface area contributed by atoms with Crippen LogP contribution in [0.4, 0.5) is 8.78 Å². The molecule has 2 heterocycles. The second-order valence-electron chi connectivity index (χ2n) is 4.46. The van der Waals surface area contributed by atoms with E-state index in [-0.39, 0.29) is 22.5 Å². The summed E-state index contributed by atoms with van der Waals surface area (Å²) in [6.07, 6.45) is 1.37. The quantitative estimate of drug-likeness (QED) is 0.786. The molecule has 0 atom stereocenters. The van der Waals surface area contributed by atoms with Crippen LogP contribution < -0.4 is 5.56 Å². The first-order chi connectivity index (χ1) is 10.1. The molecular weight excluding hydrogens is 278 g/mol. The largest absolute Gasteiger partial charge is 0.390 e. The van der Waals surface area contributed by atoms with Gasteiger partial charge in [0.05, 0.1) is 17.9 Å². The van der Waals surface area contributed by atoms with Crippen LogP contribution in [-0.2, 0) is 6.61 Å². The highest BCUT2D eigenvalue weighted by Gasteiger charge is 2.16. The molecular formula is C15H10F2N2O2. The Morgan fingerprint density at radius 3 is 2.71 bits per heavy atom. The van der Waals surface area contributed by atoms with E-state index in [4.69, 9.17) is 0 Å². The summed E-state index contributed by atoms with van der Waals surface area (Å²) in [5, 5.41) is 9.40. The van der Waals surface area contributed by atoms with Crippen LogP contribution in [0.2, 0.25) is 0 Å². The number of benzene rings is 1. The lowest BCUT2D eigenvalue weighted by Crippen LogP contribution is -2.20. The van der Waals surface area contributed by atoms with E-state index in [1.807, 2.05) is 0 Å². The summed E-state index contributed by atoms with van der Waals surface area (Å²) in [4.78, 5) is 16.5. The molecule has 4 nitrogen and oxygen atoms in total. The number of aliphatic hydroxyl groups is 1. The van der Waals surface area contributed by atoms with Crippen LogP contribution in [0.25, 0.3) is 16.8 Å². The van der Waals surface area contributed by atoms with E-state index < -0.39 is 23.8 Å². The molecule has 1 N–H and O–H groups in total. The SMILES string of the molecule is O=c1c(-c2cccc(F)c2)c(CO)nc2c(F)cccn12. The summed E-state index contributed by atoms with van der Waals surface area (Å²) in [5.74, 6) is -1.18. The summed E-state index contributed by atoms with van der Waals surface area (Å²) in [6, 6.07) is 7.94. The smallest absolute Gasteiger partial charge is 0.266 e. The van der Waals surface area contributed by atoms with E-state index >= 15 is 0 Å². The van der Waals surface area contributed by atoms with Crippen molar-refractivity contribution in [1.82, 2.24) is 9.38 Å². The monoisotopic (exact) mass is 288 g/mol. The Balaban J connectivity index is 2.42. The molecule has 1 aromatic carbocycles. The van der Waals surface area contributed by atoms with Crippen molar-refractivity contribution in [2.75, 3.05) is 0 Å². The second-order valence-corrected chi connectivity index (χ2v) is 4.46. The fourth-order valence-corrected chi connectivity index (χ4v) is 2.22. The number of fused-ring (bicyclic) bond motifs is 1. The zero-order valence-electron chi connectivity index (χ0n) is 10.8. The van der Waals surface area contributed by atoms with Gasteiger partial charge in [0.25, 0.3) is 5.56 Å². The third-order valence-corrected chi connectivity index (χ3v) is 3.14. The van der Waals surface area contributed by atoms with Gasteiger partial charge < -0.3 is 5.11 Å². The Bertz CT molecular complexity index is 890. The Hall–Kier alpha value is -2.60. The molecule has 0 amide bonds. The lowest BCUT2D eigenvalue weighted by Gasteiger charge is -2.09. The molecule has 0 saturated carbocycles. The average Bonchev–Trinajstić information content (AvgIpc) is 2.48. The minimum absolute atomic E-state index is 0.00991. The fraction of sp³-hybridized carbons (Fsp3) is 0.0667. The molecule has 0 radical (unpaired) electrons. The van der Waals surface area contributed by atoms with Crippen LogP contribution in [-0.4, -0.2) is 14.5 Å². The van der Waals surface area contributed by atoms with E-state index in [9.17, 15) is 18.7 Å². The topological polar surface area (TPSA) is 54.6 Å². The van der Waals surface area contributed by atoms with Crippen LogP contribution in [0.1, 0.15) is 5.69 Å². The maximum absolute atomic E-state index is 13.7. The normalized spacial score (nSPS) is 11.0. The number of rotatable bonds is 2. The number of pyridine rings is 1. The van der Waals surface area contributed by atoms with Gasteiger partial charge in [-0.15, -0.1) is 0 Å². The molecule has 106 valence electrons. The Labute approximate surface area is 117 Å². The Morgan fingerprint density at radius 1 is 1.19 bits per heavy atom. The molecule has 0 bridgehead atoms. The molecule has 0 aliphatic rings. The van der Waals surface area contributed by atoms with Gasteiger partial charge in [0.15, 0.2) is 11.5 Å². The zero-order valence-corrected chi connectivity index (χ0v) is 10.8. The lowest BCUT2D eigenvalue weighted by atomic mass is 10.1. The maximum Gasteiger partial charge on any atom is 0.266 e. The molecule has 3 rings (SSSR count). The molecule has 6 heteroatoms. The lowest BCUT2D eigenvalue weighted by molar-refractivity contribution is 0.277. The second kappa shape index (κ2) is 5.06. The average molecular weight is 288 g/mol. The van der Waals surface area contributed by atoms with Crippen LogP contribution in [0, 0.1) is 11.6 Å². The molecule has 21 heavy (non-hydrogen) atoms. The van der Waals surface area contributed by atoms with Gasteiger partial charge >= 0.3 is 0 Å². The Kier molecular flexibility index (Phi) is 3.23. The zero-order chi connectivity index (χ0) is 15.0. The van der Waals surface area contributed by atoms with Crippen molar-refractivity contribution < 1.29 is 13.9 Å². The van der Waals surface area contributed by atoms with Gasteiger partial charge in [0.1, 0.15) is 5.82 Å². The minimum atomic E-state index is -0.671. The minimum Gasteiger partial charge on any atom is -0.390 e. The third kappa shape index (κ3) is 2.19. The van der Waals surface area contributed by atoms with Crippen molar-refractivity contribution in [1.29, 1.82) is 0 Å². The van der Waals surface area contributed by atoms with Gasteiger partial charge in [-0.25, -0.2) is 13.8 Å². The van der Waals surface area contributed by atoms with Gasteiger partial charge in [-0.1, -0.05) is 12.1 Å². The first-order valence-corrected chi connectivity index (χ1v) is 6.18. The van der Waals surface area contributed by atoms with Crippen molar-refractivity contribution in [2.45, 2.75) is 6.61 Å². The van der Waals surface area contributed by atoms with Crippen LogP contribution >= 0.6 is 0 Å². The first-order valence-electron chi connectivity index (χ1n) is 6.18. The summed E-state index contributed by atoms with van der Waals surface area (Å²) < 4.78 is 28.1. The highest BCUT2D eigenvalue weighted by Crippen LogP contribution is 2.21. The number of nitrogens with zero attached hydrogens (tertiary/aromatic N) is 2. The molecule has 2 aromatic heterocycles. The van der Waals surface area contributed by atoms with Crippen molar-refractivity contribution in [2.24, 2.45) is 0 Å². The van der Waals surface area contributed by atoms with Crippen molar-refractivity contribution in [3.8, 4) is 11.1 Å². The van der Waals surface area contributed by atoms with E-state index in [1.165, 1.54) is 42.6 Å². The summed E-state index contributed by atoms with van der Waals surface area (Å²) in [7, 11) is 0. The molecule has 0 aliphatic heterocycles. The van der Waals surface area contributed by atoms with Gasteiger partial charge in [-0.3, -0.25) is 9.20 Å². The van der Waals surface area contributed by atoms with E-state index in [0.717, 1.165) is 4.40 Å². The summed E-state index contributed by atoms with van der Waals surface area (Å²) >= 11 is 0. The third-order valence-electron chi connectivity index (χ3n) is 3.14. The van der Waals surface area contributed by atoms with E-state index in [0.29, 0.717) is 0 Å². The standard InChI is InChI=1S/C15H10F2N2O2/c16-10-4-1-3-9(7-10)13-12(8-20)18-14-11(17)5-2-6-19(14)15(13)21/h1-7,20H,8H2. The number of halogens is 2. The van der Waals surface area contributed by atoms with Crippen LogP contribution in [0.3, 0.4) is 0 Å². The van der Waals surface area contributed by atoms with Gasteiger partial charge in [-0.2, -0.15) is 0 Å². The molecule has 0 aliphatic carbocycles. The fourth-order valence-electron chi connectivity index (χ4n) is 2.22. The Morgan fingerprint density at radius 2 is 2.00 bits per heavy atom. The number of aliphatic hydroxyl groups excluding tert-OH is 1. The predicted octanol–water partition coefficient (Wildman–Crippen LogP) is 2.13. The molecule has 3 aromatic rings. The maximum atomic E-state index is 13.7. The molecule has 0 saturated heterocycles. The number of aromatic nitrogens is 2. The van der Waals surface area contributed by atoms with Gasteiger partial charge in [0.2, 0.25) is 0 Å². The molecule has 0 spiro atoms. The van der Waals surface area contributed by atoms with Crippen LogP contribution in [0.5, 0.6) is 0 Å². The highest BCUT2D eigenvalue weighted by atomic mass is 19.1. The summed E-state index contributed by atoms with van der Waals surface area (Å²) in [6.45, 7) is -0.550. The van der Waals surface area contributed by atoms with E-state index in [2.05, 4.69) is 4.98 Å². The van der Waals surface area contributed by atoms with Crippen molar-refractivity contribution >= 4 is 5.65 Å². The predicted molar refractivity (Wildman–Crippen MR) is 72.7 cm³/mol. The van der Waals surface area contributed by atoms with Gasteiger partial charge in [0, 0.05) is 6.20 Å². The number of hydrogen-bond acceptors (Lipinski definition) is 3. The number of hydrogen-bond donors (Lipinski definition) is 1. The molecule has 0 fully saturated rings. The van der Waals surface area contributed by atoms with E-state index in [1.54, 1.807) is 0 Å². The van der Waals surface area contributed by atoms with Crippen molar-refractivity contribution in [3.63, 3.8) is 0 Å². The first kappa shape index (κ1) is 13.4. The highest BCUT2D eigenvalue weighted by molar-refractivity contribution is 5.66. The van der Waals surface area contributed by atoms with Crippen molar-refractivity contribution in [3.05, 3.63) is 70.3 Å². The molecule has 0 unspecified atom stereocenters. The van der Waals surface area contributed by atoms with Crippen LogP contribution in [0.15, 0.2) is 47.4 Å². The summed E-state index contributed by atoms with van der Waals surface area (Å²) in [5.41, 5.74) is -0.383. The van der Waals surface area contributed by atoms with Gasteiger partial charge in [-0.05, 0) is 29.8 Å².